The molecule has 1 aliphatic rings. The molecular weight excluding hydrogens is 297 g/mol. The summed E-state index contributed by atoms with van der Waals surface area (Å²) in [5.41, 5.74) is 1.85. The fourth-order valence-corrected chi connectivity index (χ4v) is 2.61. The maximum Gasteiger partial charge on any atom is 0.339 e. The van der Waals surface area contributed by atoms with Gasteiger partial charge in [0.05, 0.1) is 5.56 Å². The van der Waals surface area contributed by atoms with Gasteiger partial charge in [-0.2, -0.15) is 0 Å². The van der Waals surface area contributed by atoms with Crippen LogP contribution in [0.2, 0.25) is 0 Å². The van der Waals surface area contributed by atoms with Gasteiger partial charge in [-0.15, -0.1) is 0 Å². The summed E-state index contributed by atoms with van der Waals surface area (Å²) in [6.07, 6.45) is -0.0960. The van der Waals surface area contributed by atoms with Crippen LogP contribution in [0, 0.1) is 5.82 Å². The average Bonchev–Trinajstić information content (AvgIpc) is 2.56. The van der Waals surface area contributed by atoms with Crippen molar-refractivity contribution in [3.63, 3.8) is 0 Å². The number of fused-ring (bicyclic) bond motifs is 1. The van der Waals surface area contributed by atoms with Gasteiger partial charge in [-0.1, -0.05) is 36.4 Å². The topological polar surface area (TPSA) is 55.4 Å². The Labute approximate surface area is 133 Å². The van der Waals surface area contributed by atoms with Crippen LogP contribution in [-0.2, 0) is 22.4 Å². The maximum atomic E-state index is 13.5. The number of nitrogens with one attached hydrogen (secondary N) is 1. The van der Waals surface area contributed by atoms with E-state index < -0.39 is 12.1 Å². The number of hydrogen-bond donors (Lipinski definition) is 1. The smallest absolute Gasteiger partial charge is 0.339 e. The number of carbonyl (C=O) groups excluding carboxylic acids is 2. The summed E-state index contributed by atoms with van der Waals surface area (Å²) in [5, 5.41) is 2.70. The zero-order valence-corrected chi connectivity index (χ0v) is 12.4. The van der Waals surface area contributed by atoms with Crippen LogP contribution in [-0.4, -0.2) is 24.5 Å². The van der Waals surface area contributed by atoms with Gasteiger partial charge in [0, 0.05) is 13.0 Å². The number of halogens is 1. The number of benzene rings is 2. The van der Waals surface area contributed by atoms with Gasteiger partial charge in [0.2, 0.25) is 0 Å². The molecule has 2 aromatic carbocycles. The molecule has 118 valence electrons. The maximum absolute atomic E-state index is 13.5. The number of cyclic esters (lactones) is 1. The van der Waals surface area contributed by atoms with Crippen LogP contribution in [0.5, 0.6) is 0 Å². The lowest BCUT2D eigenvalue weighted by atomic mass is 9.98. The molecule has 0 spiro atoms. The van der Waals surface area contributed by atoms with Crippen molar-refractivity contribution in [3.8, 4) is 0 Å². The Morgan fingerprint density at radius 2 is 1.91 bits per heavy atom. The van der Waals surface area contributed by atoms with Crippen LogP contribution in [0.4, 0.5) is 4.39 Å². The third-order valence-electron chi connectivity index (χ3n) is 3.84. The third-order valence-corrected chi connectivity index (χ3v) is 3.84. The van der Waals surface area contributed by atoms with Crippen LogP contribution < -0.4 is 5.32 Å². The first-order valence-corrected chi connectivity index (χ1v) is 7.45. The lowest BCUT2D eigenvalue weighted by Gasteiger charge is -2.23. The van der Waals surface area contributed by atoms with Crippen molar-refractivity contribution in [2.45, 2.75) is 18.9 Å². The zero-order valence-electron chi connectivity index (χ0n) is 12.4. The van der Waals surface area contributed by atoms with Gasteiger partial charge in [-0.05, 0) is 29.7 Å². The minimum atomic E-state index is -0.835. The molecule has 0 aliphatic carbocycles. The number of esters is 1. The third kappa shape index (κ3) is 3.39. The van der Waals surface area contributed by atoms with Crippen molar-refractivity contribution in [2.24, 2.45) is 0 Å². The Kier molecular flexibility index (Phi) is 4.37. The van der Waals surface area contributed by atoms with E-state index in [0.29, 0.717) is 24.0 Å². The summed E-state index contributed by atoms with van der Waals surface area (Å²) in [4.78, 5) is 24.0. The Morgan fingerprint density at radius 1 is 1.17 bits per heavy atom. The van der Waals surface area contributed by atoms with E-state index in [2.05, 4.69) is 5.32 Å². The minimum Gasteiger partial charge on any atom is -0.448 e. The molecule has 1 aliphatic heterocycles. The van der Waals surface area contributed by atoms with Gasteiger partial charge >= 0.3 is 5.97 Å². The fraction of sp³-hybridized carbons (Fsp3) is 0.222. The van der Waals surface area contributed by atoms with Crippen LogP contribution in [0.15, 0.2) is 48.5 Å². The molecular formula is C18H16FNO3. The molecule has 0 saturated carbocycles. The second-order valence-corrected chi connectivity index (χ2v) is 5.39. The molecule has 0 aromatic heterocycles. The number of carbonyl (C=O) groups is 2. The predicted molar refractivity (Wildman–Crippen MR) is 82.5 cm³/mol. The number of ether oxygens (including phenoxy) is 1. The van der Waals surface area contributed by atoms with Gasteiger partial charge < -0.3 is 10.1 Å². The highest BCUT2D eigenvalue weighted by Crippen LogP contribution is 2.20. The molecule has 0 radical (unpaired) electrons. The first kappa shape index (κ1) is 15.2. The molecule has 5 heteroatoms. The molecule has 0 fully saturated rings. The van der Waals surface area contributed by atoms with Crippen molar-refractivity contribution in [1.29, 1.82) is 0 Å². The van der Waals surface area contributed by atoms with E-state index >= 15 is 0 Å². The van der Waals surface area contributed by atoms with E-state index in [1.54, 1.807) is 30.3 Å². The summed E-state index contributed by atoms with van der Waals surface area (Å²) in [7, 11) is 0. The van der Waals surface area contributed by atoms with E-state index in [1.807, 2.05) is 12.1 Å². The molecule has 3 rings (SSSR count). The quantitative estimate of drug-likeness (QED) is 0.881. The van der Waals surface area contributed by atoms with Gasteiger partial charge in [-0.25, -0.2) is 9.18 Å². The summed E-state index contributed by atoms with van der Waals surface area (Å²) in [6, 6.07) is 13.5. The molecule has 2 aromatic rings. The van der Waals surface area contributed by atoms with E-state index in [-0.39, 0.29) is 18.3 Å². The number of amides is 1. The Hall–Kier alpha value is -2.69. The standard InChI is InChI=1S/C18H16FNO3/c19-15-8-4-2-5-12(15)9-10-20-17(21)16-11-13-6-1-3-7-14(13)18(22)23-16/h1-8,16H,9-11H2,(H,20,21)/t16-/m1/s1. The number of rotatable bonds is 4. The largest absolute Gasteiger partial charge is 0.448 e. The van der Waals surface area contributed by atoms with Crippen molar-refractivity contribution in [3.05, 3.63) is 71.0 Å². The van der Waals surface area contributed by atoms with Gasteiger partial charge in [0.1, 0.15) is 5.82 Å². The summed E-state index contributed by atoms with van der Waals surface area (Å²) in [5.74, 6) is -1.13. The van der Waals surface area contributed by atoms with Crippen molar-refractivity contribution >= 4 is 11.9 Å². The summed E-state index contributed by atoms with van der Waals surface area (Å²) >= 11 is 0. The first-order chi connectivity index (χ1) is 11.1. The number of hydrogen-bond acceptors (Lipinski definition) is 3. The average molecular weight is 313 g/mol. The summed E-state index contributed by atoms with van der Waals surface area (Å²) < 4.78 is 18.7. The SMILES string of the molecule is O=C1O[C@@H](C(=O)NCCc2ccccc2F)Cc2ccccc21. The molecule has 23 heavy (non-hydrogen) atoms. The Balaban J connectivity index is 1.57. The molecule has 1 N–H and O–H groups in total. The zero-order chi connectivity index (χ0) is 16.2. The highest BCUT2D eigenvalue weighted by atomic mass is 19.1. The van der Waals surface area contributed by atoms with E-state index in [4.69, 9.17) is 4.74 Å². The van der Waals surface area contributed by atoms with Gasteiger partial charge in [0.15, 0.2) is 6.10 Å². The van der Waals surface area contributed by atoms with Crippen molar-refractivity contribution in [1.82, 2.24) is 5.32 Å². The first-order valence-electron chi connectivity index (χ1n) is 7.45. The van der Waals surface area contributed by atoms with Crippen LogP contribution >= 0.6 is 0 Å². The van der Waals surface area contributed by atoms with E-state index in [1.165, 1.54) is 6.07 Å². The molecule has 1 amide bonds. The monoisotopic (exact) mass is 313 g/mol. The van der Waals surface area contributed by atoms with Crippen LogP contribution in [0.1, 0.15) is 21.5 Å². The van der Waals surface area contributed by atoms with Gasteiger partial charge in [0.25, 0.3) is 5.91 Å². The van der Waals surface area contributed by atoms with Crippen LogP contribution in [0.25, 0.3) is 0 Å². The lowest BCUT2D eigenvalue weighted by molar-refractivity contribution is -0.130. The second-order valence-electron chi connectivity index (χ2n) is 5.39. The van der Waals surface area contributed by atoms with Gasteiger partial charge in [-0.3, -0.25) is 4.79 Å². The van der Waals surface area contributed by atoms with Crippen molar-refractivity contribution in [2.75, 3.05) is 6.54 Å². The molecule has 0 unspecified atom stereocenters. The highest BCUT2D eigenvalue weighted by molar-refractivity contribution is 5.95. The Morgan fingerprint density at radius 3 is 2.74 bits per heavy atom. The predicted octanol–water partition coefficient (Wildman–Crippen LogP) is 2.27. The highest BCUT2D eigenvalue weighted by Gasteiger charge is 2.30. The minimum absolute atomic E-state index is 0.287. The summed E-state index contributed by atoms with van der Waals surface area (Å²) in [6.45, 7) is 0.287. The lowest BCUT2D eigenvalue weighted by Crippen LogP contribution is -2.42. The fourth-order valence-electron chi connectivity index (χ4n) is 2.61. The van der Waals surface area contributed by atoms with Crippen molar-refractivity contribution < 1.29 is 18.7 Å². The second kappa shape index (κ2) is 6.60. The normalized spacial score (nSPS) is 16.4. The van der Waals surface area contributed by atoms with E-state index in [9.17, 15) is 14.0 Å². The molecule has 1 heterocycles. The van der Waals surface area contributed by atoms with Crippen LogP contribution in [0.3, 0.4) is 0 Å². The molecule has 4 nitrogen and oxygen atoms in total. The van der Waals surface area contributed by atoms with E-state index in [0.717, 1.165) is 5.56 Å². The molecule has 0 bridgehead atoms. The Bertz CT molecular complexity index is 745. The molecule has 1 atom stereocenters. The molecule has 0 saturated heterocycles.